The Morgan fingerprint density at radius 3 is 2.94 bits per heavy atom. The Hall–Kier alpha value is -1.75. The van der Waals surface area contributed by atoms with Crippen LogP contribution >= 0.6 is 0 Å². The third-order valence-electron chi connectivity index (χ3n) is 3.04. The summed E-state index contributed by atoms with van der Waals surface area (Å²) >= 11 is 0. The van der Waals surface area contributed by atoms with Gasteiger partial charge in [0.15, 0.2) is 0 Å². The van der Waals surface area contributed by atoms with Crippen LogP contribution in [-0.2, 0) is 4.74 Å². The van der Waals surface area contributed by atoms with Crippen molar-refractivity contribution in [3.8, 4) is 11.5 Å². The molecule has 2 aliphatic heterocycles. The van der Waals surface area contributed by atoms with Gasteiger partial charge in [-0.1, -0.05) is 0 Å². The molecule has 0 bridgehead atoms. The fourth-order valence-electron chi connectivity index (χ4n) is 2.22. The van der Waals surface area contributed by atoms with Crippen LogP contribution in [0.25, 0.3) is 0 Å². The van der Waals surface area contributed by atoms with Gasteiger partial charge in [0, 0.05) is 5.56 Å². The van der Waals surface area contributed by atoms with Crippen LogP contribution in [0.1, 0.15) is 25.5 Å². The Balaban J connectivity index is 1.95. The lowest BCUT2D eigenvalue weighted by Crippen LogP contribution is -2.37. The van der Waals surface area contributed by atoms with Crippen molar-refractivity contribution < 1.29 is 24.1 Å². The van der Waals surface area contributed by atoms with Gasteiger partial charge in [0.1, 0.15) is 29.3 Å². The SMILES string of the molecule is CC1(C)Oc2ccc(OC(=O)O)cc2C2OC21. The zero-order chi connectivity index (χ0) is 12.2. The number of fused-ring (bicyclic) bond motifs is 3. The lowest BCUT2D eigenvalue weighted by atomic mass is 9.94. The predicted molar refractivity (Wildman–Crippen MR) is 57.4 cm³/mol. The standard InChI is InChI=1S/C12H12O5/c1-12(2)10-9(16-10)7-5-6(15-11(13)14)3-4-8(7)17-12/h3-5,9-10H,1-2H3,(H,13,14). The van der Waals surface area contributed by atoms with Gasteiger partial charge in [0.2, 0.25) is 0 Å². The first-order valence-electron chi connectivity index (χ1n) is 5.36. The van der Waals surface area contributed by atoms with Crippen molar-refractivity contribution >= 4 is 6.16 Å². The first-order chi connectivity index (χ1) is 7.97. The van der Waals surface area contributed by atoms with E-state index in [9.17, 15) is 4.79 Å². The number of epoxide rings is 1. The van der Waals surface area contributed by atoms with E-state index in [2.05, 4.69) is 4.74 Å². The van der Waals surface area contributed by atoms with Crippen LogP contribution < -0.4 is 9.47 Å². The van der Waals surface area contributed by atoms with Crippen LogP contribution in [0.15, 0.2) is 18.2 Å². The summed E-state index contributed by atoms with van der Waals surface area (Å²) < 4.78 is 16.0. The van der Waals surface area contributed by atoms with Crippen molar-refractivity contribution in [3.05, 3.63) is 23.8 Å². The highest BCUT2D eigenvalue weighted by Crippen LogP contribution is 2.54. The number of carbonyl (C=O) groups is 1. The van der Waals surface area contributed by atoms with Gasteiger partial charge in [-0.2, -0.15) is 0 Å². The molecule has 0 radical (unpaired) electrons. The molecule has 5 heteroatoms. The first-order valence-corrected chi connectivity index (χ1v) is 5.36. The molecule has 5 nitrogen and oxygen atoms in total. The van der Waals surface area contributed by atoms with Crippen LogP contribution in [-0.4, -0.2) is 23.0 Å². The molecular weight excluding hydrogens is 224 g/mol. The molecule has 3 rings (SSSR count). The smallest absolute Gasteiger partial charge is 0.485 e. The Morgan fingerprint density at radius 2 is 2.24 bits per heavy atom. The van der Waals surface area contributed by atoms with Gasteiger partial charge in [0.05, 0.1) is 0 Å². The molecule has 2 unspecified atom stereocenters. The molecule has 2 aliphatic rings. The van der Waals surface area contributed by atoms with Crippen LogP contribution in [0.4, 0.5) is 4.79 Å². The van der Waals surface area contributed by atoms with E-state index in [0.717, 1.165) is 11.3 Å². The van der Waals surface area contributed by atoms with Gasteiger partial charge in [-0.3, -0.25) is 0 Å². The maximum atomic E-state index is 10.4. The van der Waals surface area contributed by atoms with E-state index >= 15 is 0 Å². The third kappa shape index (κ3) is 1.63. The Morgan fingerprint density at radius 1 is 1.47 bits per heavy atom. The third-order valence-corrected chi connectivity index (χ3v) is 3.04. The van der Waals surface area contributed by atoms with Crippen molar-refractivity contribution in [2.45, 2.75) is 31.7 Å². The molecule has 0 aromatic heterocycles. The largest absolute Gasteiger partial charge is 0.511 e. The quantitative estimate of drug-likeness (QED) is 0.460. The molecule has 0 amide bonds. The first kappa shape index (κ1) is 10.4. The zero-order valence-electron chi connectivity index (χ0n) is 9.47. The van der Waals surface area contributed by atoms with Gasteiger partial charge in [-0.15, -0.1) is 0 Å². The van der Waals surface area contributed by atoms with Gasteiger partial charge in [-0.05, 0) is 32.0 Å². The normalized spacial score (nSPS) is 27.4. The van der Waals surface area contributed by atoms with Crippen LogP contribution in [0.5, 0.6) is 11.5 Å². The summed E-state index contributed by atoms with van der Waals surface area (Å²) in [4.78, 5) is 10.4. The number of benzene rings is 1. The molecule has 2 heterocycles. The molecular formula is C12H12O5. The monoisotopic (exact) mass is 236 g/mol. The Labute approximate surface area is 97.9 Å². The van der Waals surface area contributed by atoms with Crippen molar-refractivity contribution in [1.29, 1.82) is 0 Å². The number of hydrogen-bond donors (Lipinski definition) is 1. The van der Waals surface area contributed by atoms with E-state index in [1.165, 1.54) is 0 Å². The summed E-state index contributed by atoms with van der Waals surface area (Å²) in [7, 11) is 0. The zero-order valence-corrected chi connectivity index (χ0v) is 9.47. The van der Waals surface area contributed by atoms with E-state index in [1.807, 2.05) is 13.8 Å². The number of hydrogen-bond acceptors (Lipinski definition) is 4. The fraction of sp³-hybridized carbons (Fsp3) is 0.417. The topological polar surface area (TPSA) is 68.3 Å². The Kier molecular flexibility index (Phi) is 1.92. The molecule has 90 valence electrons. The van der Waals surface area contributed by atoms with E-state index in [4.69, 9.17) is 14.6 Å². The summed E-state index contributed by atoms with van der Waals surface area (Å²) in [6.45, 7) is 3.95. The van der Waals surface area contributed by atoms with E-state index in [1.54, 1.807) is 18.2 Å². The molecule has 1 N–H and O–H groups in total. The second kappa shape index (κ2) is 3.13. The van der Waals surface area contributed by atoms with Crippen molar-refractivity contribution in [2.24, 2.45) is 0 Å². The molecule has 1 fully saturated rings. The van der Waals surface area contributed by atoms with Crippen LogP contribution in [0.3, 0.4) is 0 Å². The van der Waals surface area contributed by atoms with Gasteiger partial charge in [0.25, 0.3) is 0 Å². The molecule has 0 saturated carbocycles. The predicted octanol–water partition coefficient (Wildman–Crippen LogP) is 2.35. The number of rotatable bonds is 1. The van der Waals surface area contributed by atoms with Crippen LogP contribution in [0.2, 0.25) is 0 Å². The molecule has 0 aliphatic carbocycles. The maximum Gasteiger partial charge on any atom is 0.511 e. The summed E-state index contributed by atoms with van der Waals surface area (Å²) in [5.74, 6) is 1.01. The summed E-state index contributed by atoms with van der Waals surface area (Å²) in [5.41, 5.74) is 0.514. The van der Waals surface area contributed by atoms with E-state index in [0.29, 0.717) is 0 Å². The molecule has 1 aromatic rings. The molecule has 17 heavy (non-hydrogen) atoms. The lowest BCUT2D eigenvalue weighted by Gasteiger charge is -2.29. The highest BCUT2D eigenvalue weighted by Gasteiger charge is 2.56. The fourth-order valence-corrected chi connectivity index (χ4v) is 2.22. The average Bonchev–Trinajstić information content (AvgIpc) is 2.98. The van der Waals surface area contributed by atoms with Crippen molar-refractivity contribution in [2.75, 3.05) is 0 Å². The average molecular weight is 236 g/mol. The van der Waals surface area contributed by atoms with E-state index < -0.39 is 6.16 Å². The Bertz CT molecular complexity index is 494. The summed E-state index contributed by atoms with van der Waals surface area (Å²) in [5, 5.41) is 8.55. The highest BCUT2D eigenvalue weighted by molar-refractivity contribution is 5.62. The minimum Gasteiger partial charge on any atom is -0.485 e. The van der Waals surface area contributed by atoms with E-state index in [-0.39, 0.29) is 23.6 Å². The van der Waals surface area contributed by atoms with Gasteiger partial charge < -0.3 is 19.3 Å². The molecule has 1 saturated heterocycles. The second-order valence-electron chi connectivity index (χ2n) is 4.75. The minimum absolute atomic E-state index is 0.00825. The number of ether oxygens (including phenoxy) is 3. The molecule has 2 atom stereocenters. The van der Waals surface area contributed by atoms with Crippen molar-refractivity contribution in [1.82, 2.24) is 0 Å². The minimum atomic E-state index is -1.32. The highest BCUT2D eigenvalue weighted by atomic mass is 16.7. The van der Waals surface area contributed by atoms with Gasteiger partial charge >= 0.3 is 6.16 Å². The van der Waals surface area contributed by atoms with Crippen molar-refractivity contribution in [3.63, 3.8) is 0 Å². The lowest BCUT2D eigenvalue weighted by molar-refractivity contribution is 0.0724. The summed E-state index contributed by atoms with van der Waals surface area (Å²) in [6.07, 6.45) is -1.29. The summed E-state index contributed by atoms with van der Waals surface area (Å²) in [6, 6.07) is 4.95. The maximum absolute atomic E-state index is 10.4. The van der Waals surface area contributed by atoms with Gasteiger partial charge in [-0.25, -0.2) is 4.79 Å². The second-order valence-corrected chi connectivity index (χ2v) is 4.75. The molecule has 0 spiro atoms. The number of carboxylic acid groups (broad SMARTS) is 1. The van der Waals surface area contributed by atoms with Crippen LogP contribution in [0, 0.1) is 0 Å². The molecule has 1 aromatic carbocycles.